The quantitative estimate of drug-likeness (QED) is 0.716. The fourth-order valence-electron chi connectivity index (χ4n) is 3.14. The Kier molecular flexibility index (Phi) is 5.84. The van der Waals surface area contributed by atoms with Gasteiger partial charge in [-0.2, -0.15) is 11.8 Å². The zero-order chi connectivity index (χ0) is 13.0. The molecule has 1 aliphatic heterocycles. The molecule has 2 rings (SSSR count). The lowest BCUT2D eigenvalue weighted by atomic mass is 10.0. The van der Waals surface area contributed by atoms with Crippen molar-refractivity contribution in [3.8, 4) is 0 Å². The topological polar surface area (TPSA) is 15.3 Å². The number of nitrogens with one attached hydrogen (secondary N) is 1. The molecule has 2 nitrogen and oxygen atoms in total. The lowest BCUT2D eigenvalue weighted by Gasteiger charge is -2.44. The molecule has 106 valence electrons. The predicted octanol–water partition coefficient (Wildman–Crippen LogP) is 2.98. The van der Waals surface area contributed by atoms with E-state index in [9.17, 15) is 0 Å². The number of rotatable bonds is 7. The van der Waals surface area contributed by atoms with Crippen LogP contribution in [-0.4, -0.2) is 47.6 Å². The SMILES string of the molecule is CCSCCC(C)N1CC(C2CC2)NCC1CC. The smallest absolute Gasteiger partial charge is 0.0224 e. The first-order chi connectivity index (χ1) is 8.76. The van der Waals surface area contributed by atoms with Crippen molar-refractivity contribution in [3.05, 3.63) is 0 Å². The van der Waals surface area contributed by atoms with Gasteiger partial charge in [-0.15, -0.1) is 0 Å². The molecule has 1 saturated heterocycles. The Labute approximate surface area is 117 Å². The van der Waals surface area contributed by atoms with Crippen molar-refractivity contribution >= 4 is 11.8 Å². The largest absolute Gasteiger partial charge is 0.311 e. The normalized spacial score (nSPS) is 31.5. The minimum absolute atomic E-state index is 0.761. The van der Waals surface area contributed by atoms with Gasteiger partial charge >= 0.3 is 0 Å². The second kappa shape index (κ2) is 7.16. The number of hydrogen-bond donors (Lipinski definition) is 1. The average molecular weight is 270 g/mol. The Morgan fingerprint density at radius 3 is 2.72 bits per heavy atom. The molecule has 0 bridgehead atoms. The van der Waals surface area contributed by atoms with E-state index in [4.69, 9.17) is 0 Å². The van der Waals surface area contributed by atoms with Crippen LogP contribution < -0.4 is 5.32 Å². The van der Waals surface area contributed by atoms with E-state index in [0.717, 1.165) is 24.0 Å². The van der Waals surface area contributed by atoms with Crippen LogP contribution in [0, 0.1) is 5.92 Å². The van der Waals surface area contributed by atoms with Gasteiger partial charge in [-0.05, 0) is 50.0 Å². The van der Waals surface area contributed by atoms with Crippen LogP contribution in [0.1, 0.15) is 46.5 Å². The van der Waals surface area contributed by atoms with Crippen molar-refractivity contribution in [2.45, 2.75) is 64.6 Å². The monoisotopic (exact) mass is 270 g/mol. The van der Waals surface area contributed by atoms with Crippen LogP contribution >= 0.6 is 11.8 Å². The molecule has 0 radical (unpaired) electrons. The summed E-state index contributed by atoms with van der Waals surface area (Å²) in [6, 6.07) is 2.31. The number of nitrogens with zero attached hydrogens (tertiary/aromatic N) is 1. The zero-order valence-electron chi connectivity index (χ0n) is 12.3. The molecule has 3 atom stereocenters. The minimum Gasteiger partial charge on any atom is -0.311 e. The molecule has 1 heterocycles. The maximum absolute atomic E-state index is 3.79. The average Bonchev–Trinajstić information content (AvgIpc) is 3.22. The first kappa shape index (κ1) is 14.7. The standard InChI is InChI=1S/C15H30N2S/c1-4-14-10-16-15(13-6-7-13)11-17(14)12(3)8-9-18-5-2/h12-16H,4-11H2,1-3H3. The summed E-state index contributed by atoms with van der Waals surface area (Å²) in [4.78, 5) is 2.80. The third kappa shape index (κ3) is 3.88. The fraction of sp³-hybridized carbons (Fsp3) is 1.00. The van der Waals surface area contributed by atoms with Crippen LogP contribution in [0.4, 0.5) is 0 Å². The van der Waals surface area contributed by atoms with E-state index >= 15 is 0 Å². The van der Waals surface area contributed by atoms with E-state index < -0.39 is 0 Å². The first-order valence-electron chi connectivity index (χ1n) is 7.83. The van der Waals surface area contributed by atoms with E-state index in [0.29, 0.717) is 0 Å². The molecule has 3 unspecified atom stereocenters. The van der Waals surface area contributed by atoms with E-state index in [2.05, 4.69) is 42.7 Å². The van der Waals surface area contributed by atoms with Crippen LogP contribution in [0.25, 0.3) is 0 Å². The van der Waals surface area contributed by atoms with Gasteiger partial charge in [0.1, 0.15) is 0 Å². The highest BCUT2D eigenvalue weighted by Crippen LogP contribution is 2.35. The fourth-order valence-corrected chi connectivity index (χ4v) is 3.94. The van der Waals surface area contributed by atoms with Gasteiger partial charge in [0.25, 0.3) is 0 Å². The van der Waals surface area contributed by atoms with Crippen LogP contribution in [0.3, 0.4) is 0 Å². The van der Waals surface area contributed by atoms with Crippen molar-refractivity contribution in [1.29, 1.82) is 0 Å². The number of thioether (sulfide) groups is 1. The summed E-state index contributed by atoms with van der Waals surface area (Å²) < 4.78 is 0. The Morgan fingerprint density at radius 1 is 1.33 bits per heavy atom. The molecule has 3 heteroatoms. The van der Waals surface area contributed by atoms with Gasteiger partial charge < -0.3 is 5.32 Å². The molecule has 0 spiro atoms. The lowest BCUT2D eigenvalue weighted by molar-refractivity contribution is 0.0792. The molecule has 2 aliphatic rings. The maximum atomic E-state index is 3.79. The Morgan fingerprint density at radius 2 is 2.11 bits per heavy atom. The van der Waals surface area contributed by atoms with Gasteiger partial charge in [0.2, 0.25) is 0 Å². The van der Waals surface area contributed by atoms with E-state index in [1.807, 2.05) is 0 Å². The number of hydrogen-bond acceptors (Lipinski definition) is 3. The molecule has 18 heavy (non-hydrogen) atoms. The van der Waals surface area contributed by atoms with Gasteiger partial charge in [-0.1, -0.05) is 13.8 Å². The first-order valence-corrected chi connectivity index (χ1v) is 8.98. The molecular formula is C15H30N2S. The Balaban J connectivity index is 1.83. The van der Waals surface area contributed by atoms with Gasteiger partial charge in [0.15, 0.2) is 0 Å². The highest BCUT2D eigenvalue weighted by Gasteiger charge is 2.37. The van der Waals surface area contributed by atoms with Crippen LogP contribution in [0.15, 0.2) is 0 Å². The van der Waals surface area contributed by atoms with E-state index in [-0.39, 0.29) is 0 Å². The highest BCUT2D eigenvalue weighted by molar-refractivity contribution is 7.99. The summed E-state index contributed by atoms with van der Waals surface area (Å²) in [5.74, 6) is 3.57. The summed E-state index contributed by atoms with van der Waals surface area (Å²) in [5, 5.41) is 3.79. The molecule has 2 fully saturated rings. The van der Waals surface area contributed by atoms with E-state index in [1.165, 1.54) is 50.3 Å². The molecule has 1 N–H and O–H groups in total. The highest BCUT2D eigenvalue weighted by atomic mass is 32.2. The van der Waals surface area contributed by atoms with Crippen molar-refractivity contribution < 1.29 is 0 Å². The molecule has 0 aromatic carbocycles. The molecule has 1 saturated carbocycles. The second-order valence-corrected chi connectivity index (χ2v) is 7.34. The summed E-state index contributed by atoms with van der Waals surface area (Å²) in [6.45, 7) is 9.54. The summed E-state index contributed by atoms with van der Waals surface area (Å²) >= 11 is 2.09. The van der Waals surface area contributed by atoms with Crippen molar-refractivity contribution in [1.82, 2.24) is 10.2 Å². The third-order valence-corrected chi connectivity index (χ3v) is 5.54. The summed E-state index contributed by atoms with van der Waals surface area (Å²) in [6.07, 6.45) is 5.56. The Hall–Kier alpha value is 0.270. The molecule has 0 aromatic rings. The van der Waals surface area contributed by atoms with Crippen molar-refractivity contribution in [2.75, 3.05) is 24.6 Å². The minimum atomic E-state index is 0.761. The van der Waals surface area contributed by atoms with Crippen LogP contribution in [0.5, 0.6) is 0 Å². The predicted molar refractivity (Wildman–Crippen MR) is 82.4 cm³/mol. The van der Waals surface area contributed by atoms with Crippen LogP contribution in [-0.2, 0) is 0 Å². The summed E-state index contributed by atoms with van der Waals surface area (Å²) in [7, 11) is 0. The number of piperazine rings is 1. The van der Waals surface area contributed by atoms with Crippen molar-refractivity contribution in [3.63, 3.8) is 0 Å². The maximum Gasteiger partial charge on any atom is 0.0224 e. The second-order valence-electron chi connectivity index (χ2n) is 5.95. The zero-order valence-corrected chi connectivity index (χ0v) is 13.1. The van der Waals surface area contributed by atoms with Crippen LogP contribution in [0.2, 0.25) is 0 Å². The Bertz CT molecular complexity index is 243. The van der Waals surface area contributed by atoms with Gasteiger partial charge in [-0.25, -0.2) is 0 Å². The molecular weight excluding hydrogens is 240 g/mol. The van der Waals surface area contributed by atoms with Gasteiger partial charge in [0, 0.05) is 31.2 Å². The lowest BCUT2D eigenvalue weighted by Crippen LogP contribution is -2.59. The molecule has 1 aliphatic carbocycles. The molecule has 0 aromatic heterocycles. The van der Waals surface area contributed by atoms with Gasteiger partial charge in [0.05, 0.1) is 0 Å². The summed E-state index contributed by atoms with van der Waals surface area (Å²) in [5.41, 5.74) is 0. The van der Waals surface area contributed by atoms with Crippen molar-refractivity contribution in [2.24, 2.45) is 5.92 Å². The van der Waals surface area contributed by atoms with E-state index in [1.54, 1.807) is 0 Å². The van der Waals surface area contributed by atoms with Gasteiger partial charge in [-0.3, -0.25) is 4.90 Å². The third-order valence-electron chi connectivity index (χ3n) is 4.60. The molecule has 0 amide bonds.